The number of fused-ring (bicyclic) bond motifs is 1. The van der Waals surface area contributed by atoms with Gasteiger partial charge in [-0.15, -0.1) is 0 Å². The van der Waals surface area contributed by atoms with Crippen LogP contribution in [0, 0.1) is 0 Å². The fourth-order valence-corrected chi connectivity index (χ4v) is 3.39. The van der Waals surface area contributed by atoms with E-state index in [1.165, 1.54) is 0 Å². The number of carbonyl (C=O) groups is 1. The van der Waals surface area contributed by atoms with Gasteiger partial charge in [-0.1, -0.05) is 18.2 Å². The van der Waals surface area contributed by atoms with Gasteiger partial charge in [0, 0.05) is 26.9 Å². The lowest BCUT2D eigenvalue weighted by atomic mass is 10.0. The second-order valence-corrected chi connectivity index (χ2v) is 7.24. The second-order valence-electron chi connectivity index (χ2n) is 5.94. The molecule has 108 valence electrons. The van der Waals surface area contributed by atoms with Crippen LogP contribution in [0.25, 0.3) is 5.70 Å². The quantitative estimate of drug-likeness (QED) is 0.804. The average Bonchev–Trinajstić information content (AvgIpc) is 2.70. The number of nitrogens with zero attached hydrogens (tertiary/aromatic N) is 1. The first-order valence-electron chi connectivity index (χ1n) is 6.81. The van der Waals surface area contributed by atoms with Gasteiger partial charge in [-0.05, 0) is 62.3 Å². The van der Waals surface area contributed by atoms with Gasteiger partial charge >= 0.3 is 0 Å². The summed E-state index contributed by atoms with van der Waals surface area (Å²) in [5.41, 5.74) is 2.53. The lowest BCUT2D eigenvalue weighted by molar-refractivity contribution is 0.0748. The van der Waals surface area contributed by atoms with E-state index < -0.39 is 0 Å². The molecule has 0 spiro atoms. The van der Waals surface area contributed by atoms with Crippen molar-refractivity contribution in [3.63, 3.8) is 0 Å². The van der Waals surface area contributed by atoms with Crippen molar-refractivity contribution in [3.05, 3.63) is 39.0 Å². The van der Waals surface area contributed by atoms with Crippen molar-refractivity contribution in [2.75, 3.05) is 6.61 Å². The monoisotopic (exact) mass is 385 g/mol. The van der Waals surface area contributed by atoms with Crippen molar-refractivity contribution >= 4 is 34.2 Å². The summed E-state index contributed by atoms with van der Waals surface area (Å²) in [7, 11) is 0. The molecule has 0 bridgehead atoms. The Hall–Kier alpha value is -0.880. The Morgan fingerprint density at radius 2 is 1.85 bits per heavy atom. The molecule has 20 heavy (non-hydrogen) atoms. The van der Waals surface area contributed by atoms with Gasteiger partial charge in [0.05, 0.1) is 5.70 Å². The highest BCUT2D eigenvalue weighted by atomic mass is 127. The third-order valence-electron chi connectivity index (χ3n) is 3.32. The van der Waals surface area contributed by atoms with Crippen molar-refractivity contribution < 1.29 is 9.90 Å². The summed E-state index contributed by atoms with van der Waals surface area (Å²) in [6, 6.07) is 7.76. The summed E-state index contributed by atoms with van der Waals surface area (Å²) in [5.74, 6) is 0.0706. The molecule has 0 aliphatic carbocycles. The predicted octanol–water partition coefficient (Wildman–Crippen LogP) is 3.82. The minimum atomic E-state index is -0.263. The summed E-state index contributed by atoms with van der Waals surface area (Å²) in [4.78, 5) is 14.6. The molecule has 1 aliphatic heterocycles. The number of aliphatic hydroxyl groups excluding tert-OH is 1. The van der Waals surface area contributed by atoms with Crippen molar-refractivity contribution in [2.24, 2.45) is 0 Å². The number of hydrogen-bond acceptors (Lipinski definition) is 2. The average molecular weight is 385 g/mol. The SMILES string of the molecule is CC(C)(C)N1C(=O)c2ccccc2/C1=C(\I)CCCO. The van der Waals surface area contributed by atoms with Gasteiger partial charge in [-0.25, -0.2) is 0 Å². The van der Waals surface area contributed by atoms with Crippen LogP contribution >= 0.6 is 22.6 Å². The van der Waals surface area contributed by atoms with Crippen LogP contribution in [0.3, 0.4) is 0 Å². The normalized spacial score (nSPS) is 17.4. The number of halogens is 1. The molecule has 0 saturated carbocycles. The number of allylic oxidation sites excluding steroid dienone is 1. The third-order valence-corrected chi connectivity index (χ3v) is 4.37. The number of amides is 1. The molecule has 0 saturated heterocycles. The number of hydrogen-bond donors (Lipinski definition) is 1. The summed E-state index contributed by atoms with van der Waals surface area (Å²) in [5, 5.41) is 9.02. The van der Waals surface area contributed by atoms with Gasteiger partial charge in [-0.3, -0.25) is 4.79 Å². The van der Waals surface area contributed by atoms with Crippen LogP contribution in [0.5, 0.6) is 0 Å². The molecule has 2 rings (SSSR count). The van der Waals surface area contributed by atoms with Gasteiger partial charge in [0.2, 0.25) is 0 Å². The number of rotatable bonds is 3. The van der Waals surface area contributed by atoms with Crippen molar-refractivity contribution in [1.29, 1.82) is 0 Å². The van der Waals surface area contributed by atoms with Gasteiger partial charge in [-0.2, -0.15) is 0 Å². The van der Waals surface area contributed by atoms with Crippen molar-refractivity contribution in [1.82, 2.24) is 4.90 Å². The maximum atomic E-state index is 12.7. The molecule has 1 aromatic carbocycles. The Kier molecular flexibility index (Phi) is 4.54. The first-order chi connectivity index (χ1) is 9.38. The summed E-state index contributed by atoms with van der Waals surface area (Å²) in [6.45, 7) is 6.32. The van der Waals surface area contributed by atoms with E-state index in [1.807, 2.05) is 49.9 Å². The Morgan fingerprint density at radius 3 is 2.40 bits per heavy atom. The lowest BCUT2D eigenvalue weighted by Gasteiger charge is -2.34. The number of aliphatic hydroxyl groups is 1. The molecule has 1 heterocycles. The summed E-state index contributed by atoms with van der Waals surface area (Å²) < 4.78 is 1.13. The molecule has 0 fully saturated rings. The van der Waals surface area contributed by atoms with Crippen LogP contribution in [0.2, 0.25) is 0 Å². The van der Waals surface area contributed by atoms with E-state index in [4.69, 9.17) is 5.11 Å². The molecule has 1 amide bonds. The fraction of sp³-hybridized carbons (Fsp3) is 0.438. The highest BCUT2D eigenvalue weighted by Crippen LogP contribution is 2.42. The molecule has 0 radical (unpaired) electrons. The maximum absolute atomic E-state index is 12.7. The smallest absolute Gasteiger partial charge is 0.259 e. The molecule has 0 unspecified atom stereocenters. The standard InChI is InChI=1S/C16H20INO2/c1-16(2,3)18-14(13(17)9-6-10-19)11-7-4-5-8-12(11)15(18)20/h4-5,7-8,19H,6,9-10H2,1-3H3/b14-13+. The van der Waals surface area contributed by atoms with Gasteiger partial charge in [0.15, 0.2) is 0 Å². The Morgan fingerprint density at radius 1 is 1.25 bits per heavy atom. The molecule has 0 atom stereocenters. The third kappa shape index (κ3) is 2.76. The zero-order valence-electron chi connectivity index (χ0n) is 12.1. The van der Waals surface area contributed by atoms with Crippen LogP contribution in [0.15, 0.2) is 27.8 Å². The minimum absolute atomic E-state index is 0.0706. The van der Waals surface area contributed by atoms with Crippen molar-refractivity contribution in [3.8, 4) is 0 Å². The van der Waals surface area contributed by atoms with Crippen molar-refractivity contribution in [2.45, 2.75) is 39.2 Å². The molecule has 1 N–H and O–H groups in total. The Bertz CT molecular complexity index is 558. The molecule has 0 aromatic heterocycles. The van der Waals surface area contributed by atoms with E-state index in [2.05, 4.69) is 22.6 Å². The van der Waals surface area contributed by atoms with E-state index in [9.17, 15) is 4.79 Å². The molecular formula is C16H20INO2. The van der Waals surface area contributed by atoms with Crippen LogP contribution in [-0.4, -0.2) is 28.1 Å². The second kappa shape index (κ2) is 5.85. The Balaban J connectivity index is 2.57. The minimum Gasteiger partial charge on any atom is -0.396 e. The van der Waals surface area contributed by atoms with E-state index >= 15 is 0 Å². The van der Waals surface area contributed by atoms with Crippen LogP contribution in [-0.2, 0) is 0 Å². The predicted molar refractivity (Wildman–Crippen MR) is 89.6 cm³/mol. The number of benzene rings is 1. The molecule has 1 aromatic rings. The van der Waals surface area contributed by atoms with E-state index in [0.29, 0.717) is 0 Å². The molecular weight excluding hydrogens is 365 g/mol. The van der Waals surface area contributed by atoms with Gasteiger partial charge < -0.3 is 10.0 Å². The van der Waals surface area contributed by atoms with Crippen LogP contribution < -0.4 is 0 Å². The number of carbonyl (C=O) groups excluding carboxylic acids is 1. The Labute approximate surface area is 133 Å². The van der Waals surface area contributed by atoms with Crippen LogP contribution in [0.4, 0.5) is 0 Å². The molecule has 4 heteroatoms. The zero-order chi connectivity index (χ0) is 14.9. The first kappa shape index (κ1) is 15.5. The van der Waals surface area contributed by atoms with E-state index in [-0.39, 0.29) is 18.1 Å². The highest BCUT2D eigenvalue weighted by Gasteiger charge is 2.39. The lowest BCUT2D eigenvalue weighted by Crippen LogP contribution is -2.41. The van der Waals surface area contributed by atoms with Crippen LogP contribution in [0.1, 0.15) is 49.5 Å². The largest absolute Gasteiger partial charge is 0.396 e. The zero-order valence-corrected chi connectivity index (χ0v) is 14.3. The summed E-state index contributed by atoms with van der Waals surface area (Å²) >= 11 is 2.30. The topological polar surface area (TPSA) is 40.5 Å². The first-order valence-corrected chi connectivity index (χ1v) is 7.89. The highest BCUT2D eigenvalue weighted by molar-refractivity contribution is 14.1. The fourth-order valence-electron chi connectivity index (χ4n) is 2.48. The molecule has 3 nitrogen and oxygen atoms in total. The molecule has 1 aliphatic rings. The van der Waals surface area contributed by atoms with E-state index in [0.717, 1.165) is 33.2 Å². The van der Waals surface area contributed by atoms with E-state index in [1.54, 1.807) is 0 Å². The van der Waals surface area contributed by atoms with Gasteiger partial charge in [0.1, 0.15) is 0 Å². The maximum Gasteiger partial charge on any atom is 0.259 e. The summed E-state index contributed by atoms with van der Waals surface area (Å²) in [6.07, 6.45) is 1.51. The van der Waals surface area contributed by atoms with Gasteiger partial charge in [0.25, 0.3) is 5.91 Å².